The standard InChI is InChI=1S/C12H22N2OS/c1-2-11-9-14(7-8-16-11)12(15)5-6-13-10-3-4-10/h10-11,13H,2-9H2,1H3. The molecular weight excluding hydrogens is 220 g/mol. The summed E-state index contributed by atoms with van der Waals surface area (Å²) in [4.78, 5) is 14.0. The average molecular weight is 242 g/mol. The monoisotopic (exact) mass is 242 g/mol. The van der Waals surface area contributed by atoms with Gasteiger partial charge in [0.25, 0.3) is 0 Å². The van der Waals surface area contributed by atoms with Crippen LogP contribution in [0.1, 0.15) is 32.6 Å². The summed E-state index contributed by atoms with van der Waals surface area (Å²) >= 11 is 2.01. The van der Waals surface area contributed by atoms with Crippen molar-refractivity contribution in [2.24, 2.45) is 0 Å². The molecule has 1 aliphatic heterocycles. The molecule has 1 saturated carbocycles. The zero-order chi connectivity index (χ0) is 11.4. The van der Waals surface area contributed by atoms with Crippen molar-refractivity contribution in [3.63, 3.8) is 0 Å². The highest BCUT2D eigenvalue weighted by Gasteiger charge is 2.24. The lowest BCUT2D eigenvalue weighted by atomic mass is 10.2. The molecule has 0 bridgehead atoms. The van der Waals surface area contributed by atoms with Crippen LogP contribution in [0, 0.1) is 0 Å². The van der Waals surface area contributed by atoms with Gasteiger partial charge in [-0.15, -0.1) is 0 Å². The molecule has 3 nitrogen and oxygen atoms in total. The molecule has 1 saturated heterocycles. The van der Waals surface area contributed by atoms with Crippen molar-refractivity contribution < 1.29 is 4.79 Å². The molecule has 0 aromatic rings. The van der Waals surface area contributed by atoms with Crippen LogP contribution in [0.5, 0.6) is 0 Å². The van der Waals surface area contributed by atoms with E-state index in [0.717, 1.165) is 25.4 Å². The maximum Gasteiger partial charge on any atom is 0.223 e. The molecule has 1 atom stereocenters. The van der Waals surface area contributed by atoms with E-state index in [1.165, 1.54) is 19.3 Å². The van der Waals surface area contributed by atoms with Crippen molar-refractivity contribution >= 4 is 17.7 Å². The number of hydrogen-bond acceptors (Lipinski definition) is 3. The number of hydrogen-bond donors (Lipinski definition) is 1. The molecule has 92 valence electrons. The Kier molecular flexibility index (Phi) is 4.53. The Bertz CT molecular complexity index is 243. The van der Waals surface area contributed by atoms with Gasteiger partial charge in [0.2, 0.25) is 5.91 Å². The van der Waals surface area contributed by atoms with Crippen LogP contribution in [0.2, 0.25) is 0 Å². The minimum atomic E-state index is 0.340. The van der Waals surface area contributed by atoms with E-state index >= 15 is 0 Å². The first-order valence-electron chi connectivity index (χ1n) is 6.42. The lowest BCUT2D eigenvalue weighted by molar-refractivity contribution is -0.131. The van der Waals surface area contributed by atoms with E-state index in [0.29, 0.717) is 23.6 Å². The smallest absolute Gasteiger partial charge is 0.223 e. The number of nitrogens with zero attached hydrogens (tertiary/aromatic N) is 1. The summed E-state index contributed by atoms with van der Waals surface area (Å²) in [6.45, 7) is 4.98. The number of amides is 1. The van der Waals surface area contributed by atoms with Gasteiger partial charge in [0.05, 0.1) is 0 Å². The van der Waals surface area contributed by atoms with Crippen molar-refractivity contribution in [2.75, 3.05) is 25.4 Å². The Balaban J connectivity index is 1.66. The topological polar surface area (TPSA) is 32.3 Å². The molecule has 0 aromatic heterocycles. The molecule has 2 rings (SSSR count). The van der Waals surface area contributed by atoms with Crippen LogP contribution in [0.15, 0.2) is 0 Å². The molecule has 2 fully saturated rings. The van der Waals surface area contributed by atoms with Crippen LogP contribution in [0.25, 0.3) is 0 Å². The molecule has 1 amide bonds. The molecule has 1 aliphatic carbocycles. The Morgan fingerprint density at radius 2 is 2.31 bits per heavy atom. The third-order valence-corrected chi connectivity index (χ3v) is 4.67. The Morgan fingerprint density at radius 1 is 1.50 bits per heavy atom. The Morgan fingerprint density at radius 3 is 3.00 bits per heavy atom. The second-order valence-electron chi connectivity index (χ2n) is 4.72. The molecule has 2 aliphatic rings. The minimum absolute atomic E-state index is 0.340. The van der Waals surface area contributed by atoms with Crippen molar-refractivity contribution in [2.45, 2.75) is 43.9 Å². The molecule has 1 unspecified atom stereocenters. The molecule has 4 heteroatoms. The summed E-state index contributed by atoms with van der Waals surface area (Å²) in [7, 11) is 0. The van der Waals surface area contributed by atoms with Gasteiger partial charge in [-0.1, -0.05) is 6.92 Å². The lowest BCUT2D eigenvalue weighted by Gasteiger charge is -2.32. The molecule has 0 radical (unpaired) electrons. The fourth-order valence-electron chi connectivity index (χ4n) is 2.02. The quantitative estimate of drug-likeness (QED) is 0.792. The average Bonchev–Trinajstić information content (AvgIpc) is 3.13. The van der Waals surface area contributed by atoms with E-state index in [9.17, 15) is 4.79 Å². The normalized spacial score (nSPS) is 25.8. The van der Waals surface area contributed by atoms with Gasteiger partial charge in [-0.05, 0) is 19.3 Å². The third kappa shape index (κ3) is 3.67. The summed E-state index contributed by atoms with van der Waals surface area (Å²) in [6, 6.07) is 0.716. The van der Waals surface area contributed by atoms with E-state index in [1.807, 2.05) is 11.8 Å². The predicted octanol–water partition coefficient (Wildman–Crippen LogP) is 1.48. The largest absolute Gasteiger partial charge is 0.341 e. The molecule has 0 aromatic carbocycles. The van der Waals surface area contributed by atoms with Crippen LogP contribution < -0.4 is 5.32 Å². The molecule has 16 heavy (non-hydrogen) atoms. The second-order valence-corrected chi connectivity index (χ2v) is 6.13. The lowest BCUT2D eigenvalue weighted by Crippen LogP contribution is -2.42. The van der Waals surface area contributed by atoms with Gasteiger partial charge in [-0.25, -0.2) is 0 Å². The van der Waals surface area contributed by atoms with Crippen LogP contribution in [-0.2, 0) is 4.79 Å². The first-order chi connectivity index (χ1) is 7.79. The van der Waals surface area contributed by atoms with Crippen LogP contribution in [-0.4, -0.2) is 47.5 Å². The highest BCUT2D eigenvalue weighted by Crippen LogP contribution is 2.21. The van der Waals surface area contributed by atoms with Crippen molar-refractivity contribution in [1.29, 1.82) is 0 Å². The maximum atomic E-state index is 11.9. The number of rotatable bonds is 5. The van der Waals surface area contributed by atoms with Gasteiger partial charge < -0.3 is 10.2 Å². The fraction of sp³-hybridized carbons (Fsp3) is 0.917. The number of carbonyl (C=O) groups excluding carboxylic acids is 1. The SMILES string of the molecule is CCC1CN(C(=O)CCNC2CC2)CCS1. The van der Waals surface area contributed by atoms with E-state index in [1.54, 1.807) is 0 Å². The summed E-state index contributed by atoms with van der Waals surface area (Å²) in [5, 5.41) is 4.06. The molecular formula is C12H22N2OS. The van der Waals surface area contributed by atoms with Gasteiger partial charge in [0.1, 0.15) is 0 Å². The first-order valence-corrected chi connectivity index (χ1v) is 7.47. The summed E-state index contributed by atoms with van der Waals surface area (Å²) in [6.07, 6.45) is 4.45. The maximum absolute atomic E-state index is 11.9. The number of nitrogens with one attached hydrogen (secondary N) is 1. The first kappa shape index (κ1) is 12.2. The summed E-state index contributed by atoms with van der Waals surface area (Å²) in [5.41, 5.74) is 0. The van der Waals surface area contributed by atoms with E-state index in [4.69, 9.17) is 0 Å². The van der Waals surface area contributed by atoms with Crippen molar-refractivity contribution in [3.8, 4) is 0 Å². The zero-order valence-electron chi connectivity index (χ0n) is 10.1. The van der Waals surface area contributed by atoms with E-state index in [-0.39, 0.29) is 0 Å². The van der Waals surface area contributed by atoms with Crippen LogP contribution >= 0.6 is 11.8 Å². The van der Waals surface area contributed by atoms with Crippen LogP contribution in [0.3, 0.4) is 0 Å². The Labute approximate surface area is 102 Å². The Hall–Kier alpha value is -0.220. The van der Waals surface area contributed by atoms with Gasteiger partial charge in [0.15, 0.2) is 0 Å². The zero-order valence-corrected chi connectivity index (χ0v) is 10.9. The van der Waals surface area contributed by atoms with E-state index in [2.05, 4.69) is 17.1 Å². The molecule has 0 spiro atoms. The van der Waals surface area contributed by atoms with Gasteiger partial charge >= 0.3 is 0 Å². The van der Waals surface area contributed by atoms with Crippen molar-refractivity contribution in [1.82, 2.24) is 10.2 Å². The van der Waals surface area contributed by atoms with E-state index < -0.39 is 0 Å². The molecule has 1 N–H and O–H groups in total. The van der Waals surface area contributed by atoms with Gasteiger partial charge in [-0.3, -0.25) is 4.79 Å². The molecule has 1 heterocycles. The summed E-state index contributed by atoms with van der Waals surface area (Å²) < 4.78 is 0. The highest BCUT2D eigenvalue weighted by molar-refractivity contribution is 8.00. The second kappa shape index (κ2) is 5.92. The summed E-state index contributed by atoms with van der Waals surface area (Å²) in [5.74, 6) is 1.45. The minimum Gasteiger partial charge on any atom is -0.341 e. The highest BCUT2D eigenvalue weighted by atomic mass is 32.2. The van der Waals surface area contributed by atoms with Gasteiger partial charge in [-0.2, -0.15) is 11.8 Å². The number of thioether (sulfide) groups is 1. The van der Waals surface area contributed by atoms with Crippen molar-refractivity contribution in [3.05, 3.63) is 0 Å². The van der Waals surface area contributed by atoms with Crippen LogP contribution in [0.4, 0.5) is 0 Å². The fourth-order valence-corrected chi connectivity index (χ4v) is 3.20. The van der Waals surface area contributed by atoms with Gasteiger partial charge in [0, 0.05) is 43.1 Å². The third-order valence-electron chi connectivity index (χ3n) is 3.30. The predicted molar refractivity (Wildman–Crippen MR) is 68.8 cm³/mol. The number of carbonyl (C=O) groups is 1.